The highest BCUT2D eigenvalue weighted by atomic mass is 32.1. The van der Waals surface area contributed by atoms with Crippen molar-refractivity contribution >= 4 is 11.3 Å². The number of ether oxygens (including phenoxy) is 1. The highest BCUT2D eigenvalue weighted by molar-refractivity contribution is 7.09. The highest BCUT2D eigenvalue weighted by Crippen LogP contribution is 2.50. The second-order valence-corrected chi connectivity index (χ2v) is 8.71. The van der Waals surface area contributed by atoms with E-state index in [0.717, 1.165) is 16.9 Å². The van der Waals surface area contributed by atoms with Gasteiger partial charge in [-0.3, -0.25) is 4.90 Å². The van der Waals surface area contributed by atoms with Crippen molar-refractivity contribution in [3.63, 3.8) is 0 Å². The van der Waals surface area contributed by atoms with Gasteiger partial charge in [0.25, 0.3) is 5.92 Å². The molecule has 0 aliphatic carbocycles. The zero-order chi connectivity index (χ0) is 19.8. The van der Waals surface area contributed by atoms with Crippen molar-refractivity contribution in [2.45, 2.75) is 37.8 Å². The monoisotopic (exact) mass is 407 g/mol. The molecule has 0 spiro atoms. The van der Waals surface area contributed by atoms with Crippen molar-refractivity contribution in [1.29, 1.82) is 5.26 Å². The van der Waals surface area contributed by atoms with Gasteiger partial charge in [0, 0.05) is 12.0 Å². The van der Waals surface area contributed by atoms with Crippen LogP contribution in [0.1, 0.15) is 29.0 Å². The molecule has 0 N–H and O–H groups in total. The van der Waals surface area contributed by atoms with Crippen LogP contribution in [0.25, 0.3) is 0 Å². The summed E-state index contributed by atoms with van der Waals surface area (Å²) in [6.07, 6.45) is 1.93. The first-order valence-electron chi connectivity index (χ1n) is 9.21. The third-order valence-electron chi connectivity index (χ3n) is 5.73. The SMILES string of the molecule is N#Cc1ccc(CC[C@@]2(C3OCC3(F)F)CCN(Cc3ncc(F)s3)C2)cc1. The Bertz CT molecular complexity index is 880. The summed E-state index contributed by atoms with van der Waals surface area (Å²) in [4.78, 5) is 6.10. The number of nitrogens with zero attached hydrogens (tertiary/aromatic N) is 3. The van der Waals surface area contributed by atoms with Gasteiger partial charge in [-0.15, -0.1) is 0 Å². The summed E-state index contributed by atoms with van der Waals surface area (Å²) in [5.41, 5.74) is 0.947. The molecule has 3 heterocycles. The number of benzene rings is 1. The zero-order valence-corrected chi connectivity index (χ0v) is 16.0. The van der Waals surface area contributed by atoms with Crippen molar-refractivity contribution in [2.24, 2.45) is 5.41 Å². The first kappa shape index (κ1) is 19.4. The summed E-state index contributed by atoms with van der Waals surface area (Å²) in [5, 5.41) is 9.23. The van der Waals surface area contributed by atoms with Gasteiger partial charge in [-0.05, 0) is 43.5 Å². The Morgan fingerprint density at radius 3 is 2.68 bits per heavy atom. The largest absolute Gasteiger partial charge is 0.365 e. The van der Waals surface area contributed by atoms with Crippen LogP contribution in [0.15, 0.2) is 30.5 Å². The summed E-state index contributed by atoms with van der Waals surface area (Å²) < 4.78 is 47.1. The summed E-state index contributed by atoms with van der Waals surface area (Å²) in [6, 6.07) is 9.31. The van der Waals surface area contributed by atoms with E-state index in [-0.39, 0.29) is 5.13 Å². The lowest BCUT2D eigenvalue weighted by Gasteiger charge is -2.48. The number of hydrogen-bond donors (Lipinski definition) is 0. The molecule has 1 aromatic carbocycles. The molecule has 0 bridgehead atoms. The van der Waals surface area contributed by atoms with Crippen molar-refractivity contribution in [3.05, 3.63) is 51.7 Å². The Hall–Kier alpha value is -1.95. The van der Waals surface area contributed by atoms with Crippen LogP contribution in [-0.4, -0.2) is 41.6 Å². The van der Waals surface area contributed by atoms with Gasteiger partial charge in [-0.2, -0.15) is 9.65 Å². The maximum absolute atomic E-state index is 14.2. The average molecular weight is 407 g/mol. The van der Waals surface area contributed by atoms with E-state index in [1.165, 1.54) is 6.20 Å². The second kappa shape index (κ2) is 7.47. The smallest absolute Gasteiger partial charge is 0.297 e. The number of alkyl halides is 2. The fourth-order valence-corrected chi connectivity index (χ4v) is 4.96. The number of hydrogen-bond acceptors (Lipinski definition) is 5. The second-order valence-electron chi connectivity index (χ2n) is 7.64. The Balaban J connectivity index is 1.48. The van der Waals surface area contributed by atoms with Crippen molar-refractivity contribution < 1.29 is 17.9 Å². The van der Waals surface area contributed by atoms with Gasteiger partial charge in [0.05, 0.1) is 24.4 Å². The van der Waals surface area contributed by atoms with Gasteiger partial charge in [0.2, 0.25) is 0 Å². The van der Waals surface area contributed by atoms with Crippen LogP contribution in [0.5, 0.6) is 0 Å². The molecule has 4 rings (SSSR count). The maximum Gasteiger partial charge on any atom is 0.297 e. The summed E-state index contributed by atoms with van der Waals surface area (Å²) >= 11 is 0.991. The summed E-state index contributed by atoms with van der Waals surface area (Å²) in [5.74, 6) is -2.81. The first-order valence-corrected chi connectivity index (χ1v) is 10.0. The number of aromatic nitrogens is 1. The van der Waals surface area contributed by atoms with Gasteiger partial charge in [-0.1, -0.05) is 23.5 Å². The number of halogens is 3. The van der Waals surface area contributed by atoms with Gasteiger partial charge < -0.3 is 4.74 Å². The van der Waals surface area contributed by atoms with E-state index in [9.17, 15) is 13.2 Å². The average Bonchev–Trinajstić information content (AvgIpc) is 3.26. The molecule has 2 fully saturated rings. The van der Waals surface area contributed by atoms with Gasteiger partial charge in [-0.25, -0.2) is 13.8 Å². The van der Waals surface area contributed by atoms with Gasteiger partial charge in [0.15, 0.2) is 5.13 Å². The molecule has 1 aromatic heterocycles. The van der Waals surface area contributed by atoms with Crippen LogP contribution < -0.4 is 0 Å². The minimum absolute atomic E-state index is 0.338. The van der Waals surface area contributed by atoms with E-state index < -0.39 is 24.0 Å². The predicted octanol–water partition coefficient (Wildman–Crippen LogP) is 4.01. The molecule has 8 heteroatoms. The minimum atomic E-state index is -2.81. The van der Waals surface area contributed by atoms with Gasteiger partial charge in [0.1, 0.15) is 17.7 Å². The van der Waals surface area contributed by atoms with Crippen LogP contribution in [0, 0.1) is 21.9 Å². The summed E-state index contributed by atoms with van der Waals surface area (Å²) in [6.45, 7) is 1.08. The van der Waals surface area contributed by atoms with E-state index >= 15 is 0 Å². The molecule has 2 saturated heterocycles. The number of thiazole rings is 1. The number of nitriles is 1. The first-order chi connectivity index (χ1) is 13.4. The van der Waals surface area contributed by atoms with E-state index in [4.69, 9.17) is 10.00 Å². The highest BCUT2D eigenvalue weighted by Gasteiger charge is 2.61. The van der Waals surface area contributed by atoms with Gasteiger partial charge >= 0.3 is 0 Å². The maximum atomic E-state index is 14.2. The topological polar surface area (TPSA) is 49.1 Å². The van der Waals surface area contributed by atoms with Crippen LogP contribution in [0.4, 0.5) is 13.2 Å². The normalized spacial score (nSPS) is 26.7. The lowest BCUT2D eigenvalue weighted by Crippen LogP contribution is -2.61. The third-order valence-corrected chi connectivity index (χ3v) is 6.50. The fraction of sp³-hybridized carbons (Fsp3) is 0.500. The van der Waals surface area contributed by atoms with E-state index in [1.54, 1.807) is 12.1 Å². The van der Waals surface area contributed by atoms with Crippen LogP contribution in [0.2, 0.25) is 0 Å². The molecular formula is C20H20F3N3OS. The predicted molar refractivity (Wildman–Crippen MR) is 98.6 cm³/mol. The van der Waals surface area contributed by atoms with E-state index in [1.807, 2.05) is 12.1 Å². The molecule has 0 radical (unpaired) electrons. The standard InChI is InChI=1S/C20H20F3N3OS/c21-16-10-25-17(28-16)11-26-8-7-19(12-26,18-20(22,23)13-27-18)6-5-14-1-3-15(9-24)4-2-14/h1-4,10,18H,5-8,11-13H2/t18?,19-/m1/s1. The molecule has 2 atom stereocenters. The number of likely N-dealkylation sites (tertiary alicyclic amines) is 1. The Morgan fingerprint density at radius 2 is 2.11 bits per heavy atom. The minimum Gasteiger partial charge on any atom is -0.365 e. The van der Waals surface area contributed by atoms with Crippen molar-refractivity contribution in [3.8, 4) is 6.07 Å². The molecule has 2 aliphatic heterocycles. The van der Waals surface area contributed by atoms with E-state index in [0.29, 0.717) is 49.5 Å². The Kier molecular flexibility index (Phi) is 5.17. The number of rotatable bonds is 6. The Labute approximate surface area is 165 Å². The van der Waals surface area contributed by atoms with Crippen molar-refractivity contribution in [2.75, 3.05) is 19.7 Å². The molecule has 2 aromatic rings. The Morgan fingerprint density at radius 1 is 1.32 bits per heavy atom. The van der Waals surface area contributed by atoms with Crippen LogP contribution in [0.3, 0.4) is 0 Å². The third kappa shape index (κ3) is 3.79. The number of aryl methyl sites for hydroxylation is 1. The molecule has 1 unspecified atom stereocenters. The van der Waals surface area contributed by atoms with Crippen molar-refractivity contribution in [1.82, 2.24) is 9.88 Å². The summed E-state index contributed by atoms with van der Waals surface area (Å²) in [7, 11) is 0. The molecular weight excluding hydrogens is 387 g/mol. The lowest BCUT2D eigenvalue weighted by atomic mass is 9.72. The quantitative estimate of drug-likeness (QED) is 0.726. The van der Waals surface area contributed by atoms with Crippen LogP contribution >= 0.6 is 11.3 Å². The molecule has 148 valence electrons. The fourth-order valence-electron chi connectivity index (χ4n) is 4.28. The molecule has 2 aliphatic rings. The molecule has 4 nitrogen and oxygen atoms in total. The van der Waals surface area contributed by atoms with Crippen LogP contribution in [-0.2, 0) is 17.7 Å². The molecule has 0 amide bonds. The lowest BCUT2D eigenvalue weighted by molar-refractivity contribution is -0.301. The molecule has 0 saturated carbocycles. The molecule has 28 heavy (non-hydrogen) atoms. The zero-order valence-electron chi connectivity index (χ0n) is 15.2. The van der Waals surface area contributed by atoms with E-state index in [2.05, 4.69) is 16.0 Å².